The summed E-state index contributed by atoms with van der Waals surface area (Å²) >= 11 is 1.85. The molecular formula is C50H35N3S. The summed E-state index contributed by atoms with van der Waals surface area (Å²) in [6.45, 7) is 4.00. The Morgan fingerprint density at radius 3 is 2.00 bits per heavy atom. The number of hydrogen-bond acceptors (Lipinski definition) is 3. The topological polar surface area (TPSA) is 30.7 Å². The minimum Gasteiger partial charge on any atom is -0.277 e. The Balaban J connectivity index is 0.00000178. The first kappa shape index (κ1) is 32.1. The highest BCUT2D eigenvalue weighted by Crippen LogP contribution is 2.42. The van der Waals surface area contributed by atoms with Gasteiger partial charge >= 0.3 is 0 Å². The summed E-state index contributed by atoms with van der Waals surface area (Å²) in [5.74, 6) is 0.659. The Bertz CT molecular complexity index is 3190. The molecule has 0 N–H and O–H groups in total. The molecule has 0 radical (unpaired) electrons. The second-order valence-corrected chi connectivity index (χ2v) is 14.4. The van der Waals surface area contributed by atoms with Gasteiger partial charge in [0.2, 0.25) is 5.95 Å². The number of para-hydroxylation sites is 2. The molecule has 0 fully saturated rings. The summed E-state index contributed by atoms with van der Waals surface area (Å²) in [7, 11) is 0. The second-order valence-electron chi connectivity index (χ2n) is 13.4. The van der Waals surface area contributed by atoms with Gasteiger partial charge in [0, 0.05) is 47.5 Å². The summed E-state index contributed by atoms with van der Waals surface area (Å²) in [5, 5.41) is 8.47. The summed E-state index contributed by atoms with van der Waals surface area (Å²) in [5.41, 5.74) is 9.77. The maximum Gasteiger partial charge on any atom is 0.235 e. The van der Waals surface area contributed by atoms with Crippen LogP contribution in [0.5, 0.6) is 0 Å². The molecule has 0 unspecified atom stereocenters. The highest BCUT2D eigenvalue weighted by atomic mass is 32.1. The Morgan fingerprint density at radius 1 is 0.444 bits per heavy atom. The van der Waals surface area contributed by atoms with Crippen LogP contribution in [0.4, 0.5) is 0 Å². The lowest BCUT2D eigenvalue weighted by Crippen LogP contribution is -2.04. The van der Waals surface area contributed by atoms with Crippen LogP contribution >= 0.6 is 11.3 Å². The van der Waals surface area contributed by atoms with Gasteiger partial charge in [0.25, 0.3) is 0 Å². The van der Waals surface area contributed by atoms with Crippen molar-refractivity contribution in [1.29, 1.82) is 0 Å². The Labute approximate surface area is 317 Å². The Morgan fingerprint density at radius 2 is 1.11 bits per heavy atom. The van der Waals surface area contributed by atoms with Gasteiger partial charge in [-0.3, -0.25) is 4.57 Å². The summed E-state index contributed by atoms with van der Waals surface area (Å²) in [6, 6.07) is 63.1. The zero-order valence-corrected chi connectivity index (χ0v) is 30.8. The number of rotatable bonds is 4. The molecule has 11 rings (SSSR count). The number of thiophene rings is 1. The minimum absolute atomic E-state index is 0.659. The van der Waals surface area contributed by atoms with Gasteiger partial charge in [-0.05, 0) is 63.9 Å². The van der Waals surface area contributed by atoms with E-state index >= 15 is 0 Å². The first-order valence-corrected chi connectivity index (χ1v) is 19.4. The first-order valence-electron chi connectivity index (χ1n) is 18.6. The zero-order valence-electron chi connectivity index (χ0n) is 30.0. The van der Waals surface area contributed by atoms with Crippen molar-refractivity contribution in [2.45, 2.75) is 13.8 Å². The summed E-state index contributed by atoms with van der Waals surface area (Å²) in [6.07, 6.45) is 0. The molecule has 3 heterocycles. The van der Waals surface area contributed by atoms with E-state index in [0.29, 0.717) is 5.95 Å². The van der Waals surface area contributed by atoms with Gasteiger partial charge in [0.1, 0.15) is 0 Å². The molecule has 0 saturated carbocycles. The lowest BCUT2D eigenvalue weighted by atomic mass is 9.96. The number of fused-ring (bicyclic) bond motifs is 9. The van der Waals surface area contributed by atoms with Crippen molar-refractivity contribution in [3.8, 4) is 39.5 Å². The van der Waals surface area contributed by atoms with E-state index in [1.807, 2.05) is 31.3 Å². The van der Waals surface area contributed by atoms with Crippen molar-refractivity contribution in [2.75, 3.05) is 0 Å². The number of benzene rings is 8. The molecule has 0 aliphatic carbocycles. The highest BCUT2D eigenvalue weighted by molar-refractivity contribution is 7.25. The molecule has 0 spiro atoms. The number of aromatic nitrogens is 3. The maximum absolute atomic E-state index is 5.40. The van der Waals surface area contributed by atoms with Crippen LogP contribution in [0.2, 0.25) is 0 Å². The van der Waals surface area contributed by atoms with Crippen LogP contribution in [0.15, 0.2) is 176 Å². The normalized spacial score (nSPS) is 11.5. The summed E-state index contributed by atoms with van der Waals surface area (Å²) in [4.78, 5) is 10.7. The van der Waals surface area contributed by atoms with Crippen molar-refractivity contribution in [1.82, 2.24) is 14.5 Å². The van der Waals surface area contributed by atoms with Crippen LogP contribution in [-0.2, 0) is 0 Å². The average Bonchev–Trinajstić information content (AvgIpc) is 3.80. The molecule has 0 saturated heterocycles. The lowest BCUT2D eigenvalue weighted by Gasteiger charge is -2.14. The lowest BCUT2D eigenvalue weighted by molar-refractivity contribution is 1.01. The van der Waals surface area contributed by atoms with Crippen LogP contribution in [0, 0.1) is 0 Å². The molecule has 0 bridgehead atoms. The monoisotopic (exact) mass is 709 g/mol. The molecule has 8 aromatic carbocycles. The molecule has 4 heteroatoms. The fourth-order valence-electron chi connectivity index (χ4n) is 8.03. The van der Waals surface area contributed by atoms with E-state index < -0.39 is 0 Å². The van der Waals surface area contributed by atoms with Crippen LogP contribution in [0.25, 0.3) is 103 Å². The van der Waals surface area contributed by atoms with E-state index in [-0.39, 0.29) is 0 Å². The third kappa shape index (κ3) is 5.10. The highest BCUT2D eigenvalue weighted by Gasteiger charge is 2.21. The Kier molecular flexibility index (Phi) is 7.78. The van der Waals surface area contributed by atoms with E-state index in [2.05, 4.69) is 174 Å². The first-order chi connectivity index (χ1) is 26.8. The van der Waals surface area contributed by atoms with Gasteiger partial charge in [0.15, 0.2) is 0 Å². The van der Waals surface area contributed by atoms with E-state index in [9.17, 15) is 0 Å². The molecule has 3 aromatic heterocycles. The van der Waals surface area contributed by atoms with Crippen molar-refractivity contribution in [2.24, 2.45) is 0 Å². The maximum atomic E-state index is 5.40. The number of hydrogen-bond donors (Lipinski definition) is 0. The average molecular weight is 710 g/mol. The van der Waals surface area contributed by atoms with Gasteiger partial charge in [-0.15, -0.1) is 11.3 Å². The Hall–Kier alpha value is -6.62. The number of nitrogens with zero attached hydrogens (tertiary/aromatic N) is 3. The van der Waals surface area contributed by atoms with E-state index in [0.717, 1.165) is 44.3 Å². The standard InChI is InChI=1S/C48H29N3S.C2H6/c1-2-13-31(14-3-1)46-38-19-6-8-22-41(38)49-48(50-46)51-42-26-24-30-12-4-5-17-35(30)45(42)39-21-11-20-36(47(39)51)34-16-10-15-32(28-34)33-25-27-44-40(29-33)37-18-7-9-23-43(37)52-44;1-2/h1-29H;1-2H3. The van der Waals surface area contributed by atoms with Gasteiger partial charge in [-0.2, -0.15) is 0 Å². The quantitative estimate of drug-likeness (QED) is 0.182. The van der Waals surface area contributed by atoms with Crippen molar-refractivity contribution >= 4 is 75.0 Å². The third-order valence-corrected chi connectivity index (χ3v) is 11.6. The second kappa shape index (κ2) is 13.1. The van der Waals surface area contributed by atoms with Gasteiger partial charge in [-0.25, -0.2) is 9.97 Å². The zero-order chi connectivity index (χ0) is 36.2. The van der Waals surface area contributed by atoms with E-state index in [1.54, 1.807) is 0 Å². The smallest absolute Gasteiger partial charge is 0.235 e. The molecule has 256 valence electrons. The predicted molar refractivity (Wildman–Crippen MR) is 232 cm³/mol. The largest absolute Gasteiger partial charge is 0.277 e. The summed E-state index contributed by atoms with van der Waals surface area (Å²) < 4.78 is 4.93. The molecule has 54 heavy (non-hydrogen) atoms. The molecule has 0 atom stereocenters. The molecule has 0 aliphatic heterocycles. The van der Waals surface area contributed by atoms with Crippen LogP contribution < -0.4 is 0 Å². The fourth-order valence-corrected chi connectivity index (χ4v) is 9.12. The van der Waals surface area contributed by atoms with E-state index in [1.165, 1.54) is 52.8 Å². The minimum atomic E-state index is 0.659. The molecule has 3 nitrogen and oxygen atoms in total. The molecule has 11 aromatic rings. The van der Waals surface area contributed by atoms with Crippen molar-refractivity contribution in [3.63, 3.8) is 0 Å². The fraction of sp³-hybridized carbons (Fsp3) is 0.0400. The molecule has 0 amide bonds. The van der Waals surface area contributed by atoms with Crippen molar-refractivity contribution in [3.05, 3.63) is 176 Å². The predicted octanol–water partition coefficient (Wildman–Crippen LogP) is 14.3. The van der Waals surface area contributed by atoms with Gasteiger partial charge < -0.3 is 0 Å². The van der Waals surface area contributed by atoms with Gasteiger partial charge in [0.05, 0.1) is 22.2 Å². The van der Waals surface area contributed by atoms with Crippen LogP contribution in [0.3, 0.4) is 0 Å². The molecular weight excluding hydrogens is 675 g/mol. The molecule has 0 aliphatic rings. The van der Waals surface area contributed by atoms with Gasteiger partial charge in [-0.1, -0.05) is 153 Å². The SMILES string of the molecule is CC.c1ccc(-c2nc(-n3c4ccc5ccccc5c4c4cccc(-c5cccc(-c6ccc7sc8ccccc8c7c6)c5)c43)nc3ccccc23)cc1. The third-order valence-electron chi connectivity index (χ3n) is 10.4. The van der Waals surface area contributed by atoms with E-state index in [4.69, 9.17) is 9.97 Å². The van der Waals surface area contributed by atoms with Crippen LogP contribution in [0.1, 0.15) is 13.8 Å². The van der Waals surface area contributed by atoms with Crippen molar-refractivity contribution < 1.29 is 0 Å². The van der Waals surface area contributed by atoms with Crippen LogP contribution in [-0.4, -0.2) is 14.5 Å².